The molecule has 0 saturated carbocycles. The number of benzene rings is 2. The van der Waals surface area contributed by atoms with Crippen LogP contribution in [0.5, 0.6) is 23.0 Å². The van der Waals surface area contributed by atoms with E-state index in [1.54, 1.807) is 18.2 Å². The van der Waals surface area contributed by atoms with Gasteiger partial charge in [0.2, 0.25) is 0 Å². The van der Waals surface area contributed by atoms with Crippen LogP contribution in [0.2, 0.25) is 0 Å². The molecular weight excluding hydrogens is 328 g/mol. The van der Waals surface area contributed by atoms with Crippen LogP contribution in [-0.2, 0) is 4.74 Å². The zero-order valence-electron chi connectivity index (χ0n) is 14.2. The van der Waals surface area contributed by atoms with E-state index in [0.717, 1.165) is 6.29 Å². The van der Waals surface area contributed by atoms with Gasteiger partial charge in [-0.2, -0.15) is 0 Å². The lowest BCUT2D eigenvalue weighted by molar-refractivity contribution is 0.0491. The predicted octanol–water partition coefficient (Wildman–Crippen LogP) is 2.70. The lowest BCUT2D eigenvalue weighted by Crippen LogP contribution is -2.01. The first-order valence-electron chi connectivity index (χ1n) is 7.16. The number of carbonyl (C=O) groups excluding carboxylic acids is 2. The fourth-order valence-electron chi connectivity index (χ4n) is 1.77. The molecule has 0 fully saturated rings. The first-order chi connectivity index (χ1) is 12.1. The highest BCUT2D eigenvalue weighted by Gasteiger charge is 2.04. The van der Waals surface area contributed by atoms with E-state index < -0.39 is 0 Å². The summed E-state index contributed by atoms with van der Waals surface area (Å²) in [6.07, 6.45) is 1.45. The van der Waals surface area contributed by atoms with Gasteiger partial charge in [-0.25, -0.2) is 0 Å². The molecule has 2 rings (SSSR count). The summed E-state index contributed by atoms with van der Waals surface area (Å²) in [4.78, 5) is 20.7. The van der Waals surface area contributed by atoms with Crippen molar-refractivity contribution in [3.63, 3.8) is 0 Å². The van der Waals surface area contributed by atoms with E-state index >= 15 is 0 Å². The summed E-state index contributed by atoms with van der Waals surface area (Å²) in [5.74, 6) is 1.43. The van der Waals surface area contributed by atoms with Gasteiger partial charge >= 0.3 is 0 Å². The lowest BCUT2D eigenvalue weighted by atomic mass is 10.2. The van der Waals surface area contributed by atoms with Crippen molar-refractivity contribution >= 4 is 12.6 Å². The lowest BCUT2D eigenvalue weighted by Gasteiger charge is -2.09. The van der Waals surface area contributed by atoms with Crippen molar-refractivity contribution in [1.29, 1.82) is 0 Å². The Labute approximate surface area is 145 Å². The normalized spacial score (nSPS) is 9.40. The van der Waals surface area contributed by atoms with Gasteiger partial charge in [0.05, 0.1) is 14.2 Å². The number of rotatable bonds is 7. The minimum absolute atomic E-state index is 0.0399. The van der Waals surface area contributed by atoms with Gasteiger partial charge < -0.3 is 24.1 Å². The second-order valence-corrected chi connectivity index (χ2v) is 4.63. The second kappa shape index (κ2) is 10.7. The summed E-state index contributed by atoms with van der Waals surface area (Å²) < 4.78 is 19.8. The third-order valence-electron chi connectivity index (χ3n) is 3.00. The number of aldehydes is 2. The quantitative estimate of drug-likeness (QED) is 0.607. The van der Waals surface area contributed by atoms with E-state index in [1.807, 2.05) is 0 Å². The Kier molecular flexibility index (Phi) is 8.53. The molecule has 1 N–H and O–H groups in total. The van der Waals surface area contributed by atoms with Crippen LogP contribution >= 0.6 is 0 Å². The average Bonchev–Trinajstić information content (AvgIpc) is 2.67. The highest BCUT2D eigenvalue weighted by molar-refractivity contribution is 5.76. The summed E-state index contributed by atoms with van der Waals surface area (Å²) in [6.45, 7) is 0.150. The molecule has 7 nitrogen and oxygen atoms in total. The van der Waals surface area contributed by atoms with E-state index in [-0.39, 0.29) is 12.5 Å². The smallest absolute Gasteiger partial charge is 0.188 e. The van der Waals surface area contributed by atoms with Crippen LogP contribution in [0, 0.1) is 0 Å². The van der Waals surface area contributed by atoms with Crippen molar-refractivity contribution < 1.29 is 33.6 Å². The van der Waals surface area contributed by atoms with Crippen molar-refractivity contribution in [2.75, 3.05) is 28.1 Å². The van der Waals surface area contributed by atoms with Gasteiger partial charge in [0.15, 0.2) is 29.8 Å². The molecule has 0 spiro atoms. The van der Waals surface area contributed by atoms with Gasteiger partial charge in [0.25, 0.3) is 0 Å². The number of carbonyl (C=O) groups is 2. The molecule has 0 atom stereocenters. The molecule has 134 valence electrons. The molecule has 7 heteroatoms. The van der Waals surface area contributed by atoms with E-state index in [1.165, 1.54) is 39.5 Å². The summed E-state index contributed by atoms with van der Waals surface area (Å²) in [6, 6.07) is 9.34. The largest absolute Gasteiger partial charge is 0.504 e. The molecular formula is C18H20O7. The maximum Gasteiger partial charge on any atom is 0.188 e. The molecule has 0 saturated heterocycles. The highest BCUT2D eigenvalue weighted by atomic mass is 16.7. The second-order valence-electron chi connectivity index (χ2n) is 4.63. The zero-order chi connectivity index (χ0) is 18.7. The fraction of sp³-hybridized carbons (Fsp3) is 0.222. The molecule has 2 aromatic rings. The third-order valence-corrected chi connectivity index (χ3v) is 3.00. The Morgan fingerprint density at radius 1 is 0.840 bits per heavy atom. The first-order valence-corrected chi connectivity index (χ1v) is 7.16. The van der Waals surface area contributed by atoms with Gasteiger partial charge in [-0.3, -0.25) is 9.59 Å². The molecule has 0 bridgehead atoms. The molecule has 0 aliphatic carbocycles. The van der Waals surface area contributed by atoms with Crippen LogP contribution in [0.1, 0.15) is 20.7 Å². The van der Waals surface area contributed by atoms with Gasteiger partial charge in [0.1, 0.15) is 12.6 Å². The summed E-state index contributed by atoms with van der Waals surface area (Å²) in [7, 11) is 4.49. The van der Waals surface area contributed by atoms with Crippen LogP contribution < -0.4 is 14.2 Å². The van der Waals surface area contributed by atoms with Gasteiger partial charge in [-0.05, 0) is 36.4 Å². The Hall–Kier alpha value is -3.06. The molecule has 0 unspecified atom stereocenters. The first kappa shape index (κ1) is 20.0. The highest BCUT2D eigenvalue weighted by Crippen LogP contribution is 2.27. The third kappa shape index (κ3) is 6.15. The maximum absolute atomic E-state index is 10.5. The number of phenols is 1. The van der Waals surface area contributed by atoms with E-state index in [9.17, 15) is 9.59 Å². The summed E-state index contributed by atoms with van der Waals surface area (Å²) in [5.41, 5.74) is 1.03. The topological polar surface area (TPSA) is 91.3 Å². The zero-order valence-corrected chi connectivity index (χ0v) is 14.2. The molecule has 0 aliphatic heterocycles. The van der Waals surface area contributed by atoms with Crippen LogP contribution in [0.15, 0.2) is 36.4 Å². The summed E-state index contributed by atoms with van der Waals surface area (Å²) in [5, 5.41) is 9.09. The number of ether oxygens (including phenoxy) is 4. The molecule has 0 heterocycles. The molecule has 0 radical (unpaired) electrons. The fourth-order valence-corrected chi connectivity index (χ4v) is 1.77. The predicted molar refractivity (Wildman–Crippen MR) is 90.9 cm³/mol. The summed E-state index contributed by atoms with van der Waals surface area (Å²) >= 11 is 0. The van der Waals surface area contributed by atoms with Gasteiger partial charge in [0, 0.05) is 18.2 Å². The van der Waals surface area contributed by atoms with Crippen LogP contribution in [0.3, 0.4) is 0 Å². The minimum Gasteiger partial charge on any atom is -0.504 e. The van der Waals surface area contributed by atoms with Crippen LogP contribution in [0.25, 0.3) is 0 Å². The standard InChI is InChI=1S/C10H12O4.C8H8O3/c1-12-7-14-9-4-3-8(6-11)5-10(9)13-2;1-11-8-4-6(5-9)2-3-7(8)10/h3-6H,7H2,1-2H3;2-5,10H,1H3. The molecule has 0 amide bonds. The minimum atomic E-state index is 0.0399. The van der Waals surface area contributed by atoms with Crippen molar-refractivity contribution in [1.82, 2.24) is 0 Å². The number of aromatic hydroxyl groups is 1. The Bertz CT molecular complexity index is 698. The molecule has 0 aromatic heterocycles. The van der Waals surface area contributed by atoms with E-state index in [2.05, 4.69) is 0 Å². The molecule has 25 heavy (non-hydrogen) atoms. The van der Waals surface area contributed by atoms with Gasteiger partial charge in [-0.1, -0.05) is 0 Å². The van der Waals surface area contributed by atoms with Crippen molar-refractivity contribution in [2.24, 2.45) is 0 Å². The van der Waals surface area contributed by atoms with E-state index in [4.69, 9.17) is 24.1 Å². The van der Waals surface area contributed by atoms with Crippen molar-refractivity contribution in [2.45, 2.75) is 0 Å². The van der Waals surface area contributed by atoms with Crippen molar-refractivity contribution in [3.05, 3.63) is 47.5 Å². The van der Waals surface area contributed by atoms with Gasteiger partial charge in [-0.15, -0.1) is 0 Å². The number of hydrogen-bond acceptors (Lipinski definition) is 7. The monoisotopic (exact) mass is 348 g/mol. The molecule has 0 aliphatic rings. The Morgan fingerprint density at radius 2 is 1.40 bits per heavy atom. The van der Waals surface area contributed by atoms with Crippen molar-refractivity contribution in [3.8, 4) is 23.0 Å². The SMILES string of the molecule is COCOc1ccc(C=O)cc1OC.COc1cc(C=O)ccc1O. The van der Waals surface area contributed by atoms with E-state index in [0.29, 0.717) is 34.7 Å². The average molecular weight is 348 g/mol. The number of phenolic OH excluding ortho intramolecular Hbond substituents is 1. The van der Waals surface area contributed by atoms with Crippen LogP contribution in [-0.4, -0.2) is 45.8 Å². The Balaban J connectivity index is 0.000000257. The maximum atomic E-state index is 10.5. The Morgan fingerprint density at radius 3 is 1.92 bits per heavy atom. The number of hydrogen-bond donors (Lipinski definition) is 1. The molecule has 2 aromatic carbocycles. The van der Waals surface area contributed by atoms with Crippen LogP contribution in [0.4, 0.5) is 0 Å². The number of methoxy groups -OCH3 is 3.